The monoisotopic (exact) mass is 379 g/mol. The molecule has 1 aromatic carbocycles. The van der Waals surface area contributed by atoms with Gasteiger partial charge in [-0.15, -0.1) is 0 Å². The summed E-state index contributed by atoms with van der Waals surface area (Å²) in [6.45, 7) is 6.07. The van der Waals surface area contributed by atoms with Crippen LogP contribution in [0.1, 0.15) is 38.7 Å². The van der Waals surface area contributed by atoms with Crippen LogP contribution in [0.5, 0.6) is 0 Å². The molecule has 0 aliphatic carbocycles. The molecule has 28 heavy (non-hydrogen) atoms. The molecular formula is C23H29N3O2. The number of aromatic nitrogens is 1. The predicted octanol–water partition coefficient (Wildman–Crippen LogP) is 3.54. The van der Waals surface area contributed by atoms with Gasteiger partial charge in [0.1, 0.15) is 6.04 Å². The first-order valence-electron chi connectivity index (χ1n) is 10.2. The summed E-state index contributed by atoms with van der Waals surface area (Å²) in [6, 6.07) is 11.6. The van der Waals surface area contributed by atoms with E-state index in [-0.39, 0.29) is 11.8 Å². The molecule has 1 atom stereocenters. The Balaban J connectivity index is 1.92. The van der Waals surface area contributed by atoms with Gasteiger partial charge in [-0.2, -0.15) is 0 Å². The normalized spacial score (nSPS) is 17.1. The topological polar surface area (TPSA) is 53.5 Å². The molecule has 1 aliphatic heterocycles. The third-order valence-corrected chi connectivity index (χ3v) is 5.26. The molecule has 1 fully saturated rings. The minimum atomic E-state index is -0.433. The van der Waals surface area contributed by atoms with Gasteiger partial charge in [-0.3, -0.25) is 14.6 Å². The number of pyridine rings is 1. The van der Waals surface area contributed by atoms with Crippen LogP contribution in [-0.4, -0.2) is 52.3 Å². The molecule has 0 bridgehead atoms. The lowest BCUT2D eigenvalue weighted by Crippen LogP contribution is -2.59. The van der Waals surface area contributed by atoms with Crippen LogP contribution in [-0.2, 0) is 16.0 Å². The van der Waals surface area contributed by atoms with Crippen LogP contribution in [0, 0.1) is 0 Å². The highest BCUT2D eigenvalue weighted by molar-refractivity contribution is 5.89. The van der Waals surface area contributed by atoms with Crippen molar-refractivity contribution >= 4 is 11.8 Å². The van der Waals surface area contributed by atoms with Gasteiger partial charge in [-0.05, 0) is 30.0 Å². The molecule has 0 spiro atoms. The molecule has 2 amide bonds. The zero-order chi connectivity index (χ0) is 19.9. The maximum Gasteiger partial charge on any atom is 0.245 e. The highest BCUT2D eigenvalue weighted by atomic mass is 16.2. The largest absolute Gasteiger partial charge is 0.339 e. The van der Waals surface area contributed by atoms with Gasteiger partial charge in [-0.1, -0.05) is 44.2 Å². The van der Waals surface area contributed by atoms with Crippen LogP contribution in [0.15, 0.2) is 48.8 Å². The maximum absolute atomic E-state index is 13.2. The van der Waals surface area contributed by atoms with Crippen molar-refractivity contribution in [1.29, 1.82) is 0 Å². The summed E-state index contributed by atoms with van der Waals surface area (Å²) in [5.74, 6) is 0.148. The third-order valence-electron chi connectivity index (χ3n) is 5.26. The van der Waals surface area contributed by atoms with Gasteiger partial charge in [0.15, 0.2) is 0 Å². The lowest BCUT2D eigenvalue weighted by atomic mass is 9.93. The molecule has 3 rings (SSSR count). The SMILES string of the molecule is CCCC(=O)N1CCN(CCC)C(=O)C1Cc1ccccc1-c1cccnc1. The average molecular weight is 380 g/mol. The number of hydrogen-bond donors (Lipinski definition) is 0. The minimum Gasteiger partial charge on any atom is -0.339 e. The van der Waals surface area contributed by atoms with E-state index < -0.39 is 6.04 Å². The van der Waals surface area contributed by atoms with E-state index in [0.717, 1.165) is 36.1 Å². The zero-order valence-corrected chi connectivity index (χ0v) is 16.8. The summed E-state index contributed by atoms with van der Waals surface area (Å²) >= 11 is 0. The first-order chi connectivity index (χ1) is 13.7. The van der Waals surface area contributed by atoms with Gasteiger partial charge in [0, 0.05) is 50.4 Å². The van der Waals surface area contributed by atoms with E-state index in [2.05, 4.69) is 24.0 Å². The Morgan fingerprint density at radius 1 is 1.11 bits per heavy atom. The zero-order valence-electron chi connectivity index (χ0n) is 16.8. The summed E-state index contributed by atoms with van der Waals surface area (Å²) in [7, 11) is 0. The van der Waals surface area contributed by atoms with E-state index >= 15 is 0 Å². The first kappa shape index (κ1) is 20.1. The van der Waals surface area contributed by atoms with Crippen molar-refractivity contribution in [2.75, 3.05) is 19.6 Å². The van der Waals surface area contributed by atoms with Gasteiger partial charge >= 0.3 is 0 Å². The molecule has 5 heteroatoms. The lowest BCUT2D eigenvalue weighted by molar-refractivity contribution is -0.151. The van der Waals surface area contributed by atoms with E-state index in [1.54, 1.807) is 11.1 Å². The lowest BCUT2D eigenvalue weighted by Gasteiger charge is -2.41. The van der Waals surface area contributed by atoms with Crippen LogP contribution in [0.25, 0.3) is 11.1 Å². The maximum atomic E-state index is 13.2. The Hall–Kier alpha value is -2.69. The van der Waals surface area contributed by atoms with Crippen molar-refractivity contribution in [3.05, 3.63) is 54.4 Å². The fraction of sp³-hybridized carbons (Fsp3) is 0.435. The molecule has 5 nitrogen and oxygen atoms in total. The van der Waals surface area contributed by atoms with Crippen molar-refractivity contribution < 1.29 is 9.59 Å². The number of hydrogen-bond acceptors (Lipinski definition) is 3. The van der Waals surface area contributed by atoms with E-state index in [9.17, 15) is 9.59 Å². The Morgan fingerprint density at radius 3 is 2.64 bits per heavy atom. The van der Waals surface area contributed by atoms with Crippen molar-refractivity contribution in [3.63, 3.8) is 0 Å². The van der Waals surface area contributed by atoms with E-state index in [1.165, 1.54) is 0 Å². The van der Waals surface area contributed by atoms with Gasteiger partial charge in [0.25, 0.3) is 0 Å². The van der Waals surface area contributed by atoms with E-state index in [4.69, 9.17) is 0 Å². The van der Waals surface area contributed by atoms with Crippen molar-refractivity contribution in [1.82, 2.24) is 14.8 Å². The summed E-state index contributed by atoms with van der Waals surface area (Å²) in [6.07, 6.45) is 6.33. The first-order valence-corrected chi connectivity index (χ1v) is 10.2. The second-order valence-corrected chi connectivity index (χ2v) is 7.28. The van der Waals surface area contributed by atoms with Gasteiger partial charge in [0.2, 0.25) is 11.8 Å². The summed E-state index contributed by atoms with van der Waals surface area (Å²) in [5.41, 5.74) is 3.17. The Labute approximate surface area is 167 Å². The predicted molar refractivity (Wildman–Crippen MR) is 111 cm³/mol. The quantitative estimate of drug-likeness (QED) is 0.739. The molecule has 2 aromatic rings. The molecule has 1 saturated heterocycles. The Morgan fingerprint density at radius 2 is 1.93 bits per heavy atom. The molecule has 1 aromatic heterocycles. The molecular weight excluding hydrogens is 350 g/mol. The Bertz CT molecular complexity index is 807. The smallest absolute Gasteiger partial charge is 0.245 e. The van der Waals surface area contributed by atoms with Gasteiger partial charge in [-0.25, -0.2) is 0 Å². The number of nitrogens with zero attached hydrogens (tertiary/aromatic N) is 3. The van der Waals surface area contributed by atoms with Crippen LogP contribution < -0.4 is 0 Å². The highest BCUT2D eigenvalue weighted by Crippen LogP contribution is 2.26. The molecule has 0 saturated carbocycles. The summed E-state index contributed by atoms with van der Waals surface area (Å²) < 4.78 is 0. The van der Waals surface area contributed by atoms with E-state index in [0.29, 0.717) is 25.9 Å². The van der Waals surface area contributed by atoms with Crippen LogP contribution >= 0.6 is 0 Å². The van der Waals surface area contributed by atoms with Gasteiger partial charge in [0.05, 0.1) is 0 Å². The van der Waals surface area contributed by atoms with Crippen molar-refractivity contribution in [2.45, 2.75) is 45.6 Å². The molecule has 148 valence electrons. The number of carbonyl (C=O) groups excluding carboxylic acids is 2. The summed E-state index contributed by atoms with van der Waals surface area (Å²) in [4.78, 5) is 33.9. The van der Waals surface area contributed by atoms with Crippen LogP contribution in [0.3, 0.4) is 0 Å². The number of rotatable bonds is 7. The van der Waals surface area contributed by atoms with Crippen LogP contribution in [0.2, 0.25) is 0 Å². The van der Waals surface area contributed by atoms with E-state index in [1.807, 2.05) is 42.3 Å². The number of carbonyl (C=O) groups is 2. The molecule has 0 radical (unpaired) electrons. The highest BCUT2D eigenvalue weighted by Gasteiger charge is 2.37. The average Bonchev–Trinajstić information content (AvgIpc) is 2.72. The van der Waals surface area contributed by atoms with Crippen LogP contribution in [0.4, 0.5) is 0 Å². The standard InChI is InChI=1S/C23H29N3O2/c1-3-8-22(27)26-15-14-25(13-4-2)23(28)21(26)16-18-9-5-6-11-20(18)19-10-7-12-24-17-19/h5-7,9-12,17,21H,3-4,8,13-16H2,1-2H3. The molecule has 1 unspecified atom stereocenters. The summed E-state index contributed by atoms with van der Waals surface area (Å²) in [5, 5.41) is 0. The van der Waals surface area contributed by atoms with Gasteiger partial charge < -0.3 is 9.80 Å². The molecule has 0 N–H and O–H groups in total. The fourth-order valence-electron chi connectivity index (χ4n) is 3.89. The van der Waals surface area contributed by atoms with Crippen molar-refractivity contribution in [2.24, 2.45) is 0 Å². The second-order valence-electron chi connectivity index (χ2n) is 7.28. The third kappa shape index (κ3) is 4.41. The molecule has 1 aliphatic rings. The molecule has 2 heterocycles. The van der Waals surface area contributed by atoms with Crippen molar-refractivity contribution in [3.8, 4) is 11.1 Å². The Kier molecular flexibility index (Phi) is 6.80. The minimum absolute atomic E-state index is 0.0681. The number of amides is 2. The fourth-order valence-corrected chi connectivity index (χ4v) is 3.89. The number of benzene rings is 1. The second kappa shape index (κ2) is 9.49. The number of piperazine rings is 1.